The number of anilines is 3. The van der Waals surface area contributed by atoms with E-state index >= 15 is 0 Å². The number of aromatic nitrogens is 3. The second-order valence-electron chi connectivity index (χ2n) is 6.51. The van der Waals surface area contributed by atoms with E-state index in [1.807, 2.05) is 18.2 Å². The third kappa shape index (κ3) is 3.33. The lowest BCUT2D eigenvalue weighted by Crippen LogP contribution is -2.24. The zero-order valence-corrected chi connectivity index (χ0v) is 14.7. The van der Waals surface area contributed by atoms with Crippen LogP contribution in [0, 0.1) is 5.82 Å². The summed E-state index contributed by atoms with van der Waals surface area (Å²) in [6.07, 6.45) is 4.92. The highest BCUT2D eigenvalue weighted by molar-refractivity contribution is 5.74. The average molecular weight is 366 g/mol. The van der Waals surface area contributed by atoms with Crippen molar-refractivity contribution in [1.29, 1.82) is 0 Å². The van der Waals surface area contributed by atoms with Crippen LogP contribution in [0.5, 0.6) is 0 Å². The number of hydrogen-bond acceptors (Lipinski definition) is 5. The van der Waals surface area contributed by atoms with Crippen LogP contribution in [0.15, 0.2) is 42.7 Å². The predicted octanol–water partition coefficient (Wildman–Crippen LogP) is 2.86. The largest absolute Gasteiger partial charge is 0.396 e. The molecule has 27 heavy (non-hydrogen) atoms. The molecule has 0 fully saturated rings. The number of fused-ring (bicyclic) bond motifs is 1. The molecule has 4 N–H and O–H groups in total. The normalized spacial score (nSPS) is 15.4. The number of nitrogen functional groups attached to an aromatic ring is 1. The van der Waals surface area contributed by atoms with Gasteiger partial charge in [-0.15, -0.1) is 0 Å². The highest BCUT2D eigenvalue weighted by atomic mass is 19.1. The number of amides is 1. The van der Waals surface area contributed by atoms with Gasteiger partial charge in [0.1, 0.15) is 0 Å². The minimum Gasteiger partial charge on any atom is -0.396 e. The average Bonchev–Trinajstić information content (AvgIpc) is 3.27. The number of hydrogen-bond donors (Lipinski definition) is 3. The fraction of sp³-hybridized carbons (Fsp3) is 0.211. The van der Waals surface area contributed by atoms with Crippen LogP contribution in [0.2, 0.25) is 0 Å². The van der Waals surface area contributed by atoms with Gasteiger partial charge in [0.2, 0.25) is 5.91 Å². The Morgan fingerprint density at radius 2 is 2.22 bits per heavy atom. The molecule has 1 aromatic carbocycles. The number of nitrogens with two attached hydrogens (primary N) is 1. The maximum atomic E-state index is 14.2. The lowest BCUT2D eigenvalue weighted by Gasteiger charge is -2.14. The molecule has 1 atom stereocenters. The van der Waals surface area contributed by atoms with Crippen LogP contribution in [0.3, 0.4) is 0 Å². The van der Waals surface area contributed by atoms with Crippen molar-refractivity contribution in [3.63, 3.8) is 0 Å². The van der Waals surface area contributed by atoms with Crippen molar-refractivity contribution >= 4 is 23.1 Å². The Balaban J connectivity index is 1.62. The number of benzene rings is 1. The summed E-state index contributed by atoms with van der Waals surface area (Å²) >= 11 is 0. The van der Waals surface area contributed by atoms with Crippen molar-refractivity contribution in [2.45, 2.75) is 25.8 Å². The minimum absolute atomic E-state index is 0.0375. The van der Waals surface area contributed by atoms with Crippen LogP contribution in [0.25, 0.3) is 5.82 Å². The fourth-order valence-corrected chi connectivity index (χ4v) is 3.38. The van der Waals surface area contributed by atoms with Crippen molar-refractivity contribution in [2.24, 2.45) is 0 Å². The van der Waals surface area contributed by atoms with Crippen molar-refractivity contribution in [3.05, 3.63) is 59.7 Å². The van der Waals surface area contributed by atoms with Crippen LogP contribution in [0.4, 0.5) is 21.6 Å². The number of carbonyl (C=O) groups is 1. The molecule has 1 aliphatic carbocycles. The first-order chi connectivity index (χ1) is 13.0. The van der Waals surface area contributed by atoms with Gasteiger partial charge in [-0.2, -0.15) is 5.10 Å². The topological polar surface area (TPSA) is 97.9 Å². The maximum absolute atomic E-state index is 14.2. The third-order valence-corrected chi connectivity index (χ3v) is 4.57. The van der Waals surface area contributed by atoms with Gasteiger partial charge < -0.3 is 16.4 Å². The van der Waals surface area contributed by atoms with E-state index in [1.54, 1.807) is 18.5 Å². The Morgan fingerprint density at radius 3 is 2.96 bits per heavy atom. The predicted molar refractivity (Wildman–Crippen MR) is 100 cm³/mol. The van der Waals surface area contributed by atoms with Crippen LogP contribution < -0.4 is 16.4 Å². The standard InChI is InChI=1S/C19H19FN6O/c1-11(27)23-17-6-3-12-9-13(4-5-14(12)17)24-18-16(21)10-15(20)19(25-18)26-8-2-7-22-26/h2,4-5,7-10,17H,3,6,21H2,1H3,(H,23,27)(H,24,25)/t17-/m0/s1. The molecule has 0 radical (unpaired) electrons. The Hall–Kier alpha value is -3.42. The third-order valence-electron chi connectivity index (χ3n) is 4.57. The molecule has 1 amide bonds. The SMILES string of the molecule is CC(=O)N[C@H]1CCc2cc(Nc3nc(-n4cccn4)c(F)cc3N)ccc21. The second kappa shape index (κ2) is 6.71. The monoisotopic (exact) mass is 366 g/mol. The summed E-state index contributed by atoms with van der Waals surface area (Å²) in [6, 6.07) is 8.86. The van der Waals surface area contributed by atoms with E-state index < -0.39 is 5.82 Å². The Labute approximate surface area is 155 Å². The van der Waals surface area contributed by atoms with E-state index in [0.29, 0.717) is 5.82 Å². The molecule has 7 nitrogen and oxygen atoms in total. The Kier molecular flexibility index (Phi) is 4.23. The molecule has 0 aliphatic heterocycles. The molecule has 0 unspecified atom stereocenters. The summed E-state index contributed by atoms with van der Waals surface area (Å²) in [5, 5.41) is 10.1. The number of nitrogens with zero attached hydrogens (tertiary/aromatic N) is 3. The van der Waals surface area contributed by atoms with Gasteiger partial charge in [-0.1, -0.05) is 6.07 Å². The van der Waals surface area contributed by atoms with E-state index in [1.165, 1.54) is 17.7 Å². The number of halogens is 1. The molecule has 2 heterocycles. The van der Waals surface area contributed by atoms with Gasteiger partial charge in [-0.3, -0.25) is 4.79 Å². The summed E-state index contributed by atoms with van der Waals surface area (Å²) in [5.74, 6) is -0.153. The van der Waals surface area contributed by atoms with E-state index in [-0.39, 0.29) is 23.5 Å². The summed E-state index contributed by atoms with van der Waals surface area (Å²) in [7, 11) is 0. The highest BCUT2D eigenvalue weighted by Crippen LogP contribution is 2.34. The molecule has 0 bridgehead atoms. The zero-order valence-electron chi connectivity index (χ0n) is 14.7. The van der Waals surface area contributed by atoms with Gasteiger partial charge in [0.05, 0.1) is 11.7 Å². The second-order valence-corrected chi connectivity index (χ2v) is 6.51. The molecule has 0 saturated heterocycles. The molecular formula is C19H19FN6O. The quantitative estimate of drug-likeness (QED) is 0.660. The van der Waals surface area contributed by atoms with Crippen LogP contribution in [-0.2, 0) is 11.2 Å². The zero-order chi connectivity index (χ0) is 19.0. The lowest BCUT2D eigenvalue weighted by atomic mass is 10.1. The number of carbonyl (C=O) groups excluding carboxylic acids is 1. The van der Waals surface area contributed by atoms with Crippen LogP contribution in [-0.4, -0.2) is 20.7 Å². The Bertz CT molecular complexity index is 1000. The number of pyridine rings is 1. The van der Waals surface area contributed by atoms with Gasteiger partial charge in [0.25, 0.3) is 0 Å². The van der Waals surface area contributed by atoms with Crippen molar-refractivity contribution in [3.8, 4) is 5.82 Å². The molecule has 2 aromatic heterocycles. The van der Waals surface area contributed by atoms with Gasteiger partial charge in [0.15, 0.2) is 17.5 Å². The van der Waals surface area contributed by atoms with Crippen molar-refractivity contribution in [1.82, 2.24) is 20.1 Å². The van der Waals surface area contributed by atoms with Gasteiger partial charge >= 0.3 is 0 Å². The lowest BCUT2D eigenvalue weighted by molar-refractivity contribution is -0.119. The van der Waals surface area contributed by atoms with Crippen molar-refractivity contribution < 1.29 is 9.18 Å². The van der Waals surface area contributed by atoms with Gasteiger partial charge in [-0.25, -0.2) is 14.1 Å². The molecule has 1 aliphatic rings. The Morgan fingerprint density at radius 1 is 1.37 bits per heavy atom. The molecule has 138 valence electrons. The molecule has 8 heteroatoms. The number of aryl methyl sites for hydroxylation is 1. The van der Waals surface area contributed by atoms with Crippen molar-refractivity contribution in [2.75, 3.05) is 11.1 Å². The summed E-state index contributed by atoms with van der Waals surface area (Å²) in [5.41, 5.74) is 9.23. The molecule has 0 spiro atoms. The van der Waals surface area contributed by atoms with Crippen LogP contribution in [0.1, 0.15) is 30.5 Å². The maximum Gasteiger partial charge on any atom is 0.217 e. The molecular weight excluding hydrogens is 347 g/mol. The first-order valence-electron chi connectivity index (χ1n) is 8.64. The first kappa shape index (κ1) is 17.0. The summed E-state index contributed by atoms with van der Waals surface area (Å²) < 4.78 is 15.5. The molecule has 3 aromatic rings. The summed E-state index contributed by atoms with van der Waals surface area (Å²) in [4.78, 5) is 15.6. The van der Waals surface area contributed by atoms with E-state index in [2.05, 4.69) is 20.7 Å². The highest BCUT2D eigenvalue weighted by Gasteiger charge is 2.23. The van der Waals surface area contributed by atoms with E-state index in [4.69, 9.17) is 5.73 Å². The fourth-order valence-electron chi connectivity index (χ4n) is 3.38. The summed E-state index contributed by atoms with van der Waals surface area (Å²) in [6.45, 7) is 1.52. The van der Waals surface area contributed by atoms with Gasteiger partial charge in [-0.05, 0) is 42.2 Å². The number of nitrogens with one attached hydrogen (secondary N) is 2. The van der Waals surface area contributed by atoms with Gasteiger partial charge in [0, 0.05) is 31.1 Å². The first-order valence-corrected chi connectivity index (χ1v) is 8.64. The smallest absolute Gasteiger partial charge is 0.217 e. The number of rotatable bonds is 4. The molecule has 0 saturated carbocycles. The minimum atomic E-state index is -0.547. The van der Waals surface area contributed by atoms with E-state index in [0.717, 1.165) is 29.7 Å². The molecule has 4 rings (SSSR count). The van der Waals surface area contributed by atoms with E-state index in [9.17, 15) is 9.18 Å². The van der Waals surface area contributed by atoms with Crippen LogP contribution >= 0.6 is 0 Å².